The molecule has 0 bridgehead atoms. The van der Waals surface area contributed by atoms with E-state index in [0.717, 1.165) is 31.7 Å². The molecule has 4 nitrogen and oxygen atoms in total. The fourth-order valence-corrected chi connectivity index (χ4v) is 4.46. The molecule has 1 aliphatic heterocycles. The minimum Gasteiger partial charge on any atom is -0.348 e. The number of benzene rings is 1. The molecule has 3 aromatic rings. The summed E-state index contributed by atoms with van der Waals surface area (Å²) in [6.45, 7) is 4.31. The van der Waals surface area contributed by atoms with Crippen LogP contribution in [-0.4, -0.2) is 41.5 Å². The van der Waals surface area contributed by atoms with Crippen molar-refractivity contribution >= 4 is 26.7 Å². The van der Waals surface area contributed by atoms with E-state index in [1.807, 2.05) is 29.8 Å². The van der Waals surface area contributed by atoms with Gasteiger partial charge in [0, 0.05) is 38.6 Å². The number of thiazole rings is 1. The van der Waals surface area contributed by atoms with Gasteiger partial charge in [-0.1, -0.05) is 29.5 Å². The van der Waals surface area contributed by atoms with Crippen molar-refractivity contribution in [3.8, 4) is 0 Å². The second-order valence-electron chi connectivity index (χ2n) is 6.62. The van der Waals surface area contributed by atoms with Crippen molar-refractivity contribution in [1.29, 1.82) is 0 Å². The van der Waals surface area contributed by atoms with Crippen LogP contribution in [-0.2, 0) is 6.54 Å². The second-order valence-corrected chi connectivity index (χ2v) is 7.63. The van der Waals surface area contributed by atoms with Crippen LogP contribution in [0.3, 0.4) is 0 Å². The Bertz CT molecular complexity index is 768. The first-order chi connectivity index (χ1) is 11.8. The van der Waals surface area contributed by atoms with Gasteiger partial charge in [-0.2, -0.15) is 0 Å². The van der Waals surface area contributed by atoms with Crippen LogP contribution < -0.4 is 4.90 Å². The SMILES string of the molecule is CN(Cc1cccnc1)C[C@H]1CCN(c2nc3ccccc3s2)C1. The number of hydrogen-bond donors (Lipinski definition) is 0. The number of hydrogen-bond acceptors (Lipinski definition) is 5. The molecule has 0 radical (unpaired) electrons. The van der Waals surface area contributed by atoms with Crippen LogP contribution in [0.5, 0.6) is 0 Å². The molecule has 1 atom stereocenters. The fraction of sp³-hybridized carbons (Fsp3) is 0.368. The summed E-state index contributed by atoms with van der Waals surface area (Å²) in [6, 6.07) is 12.6. The van der Waals surface area contributed by atoms with Crippen molar-refractivity contribution in [2.24, 2.45) is 5.92 Å². The standard InChI is InChI=1S/C19H22N4S/c1-22(12-15-5-4-9-20-11-15)13-16-8-10-23(14-16)19-21-17-6-2-3-7-18(17)24-19/h2-7,9,11,16H,8,10,12-14H2,1H3/t16-/m1/s1. The quantitative estimate of drug-likeness (QED) is 0.711. The van der Waals surface area contributed by atoms with E-state index in [1.165, 1.54) is 21.8 Å². The molecule has 124 valence electrons. The third-order valence-corrected chi connectivity index (χ3v) is 5.68. The van der Waals surface area contributed by atoms with Crippen LogP contribution >= 0.6 is 11.3 Å². The number of para-hydroxylation sites is 1. The smallest absolute Gasteiger partial charge is 0.186 e. The van der Waals surface area contributed by atoms with E-state index in [4.69, 9.17) is 4.98 Å². The van der Waals surface area contributed by atoms with Gasteiger partial charge >= 0.3 is 0 Å². The predicted molar refractivity (Wildman–Crippen MR) is 101 cm³/mol. The summed E-state index contributed by atoms with van der Waals surface area (Å²) in [5, 5.41) is 1.17. The maximum Gasteiger partial charge on any atom is 0.186 e. The molecule has 1 aromatic carbocycles. The minimum absolute atomic E-state index is 0.707. The maximum atomic E-state index is 4.80. The van der Waals surface area contributed by atoms with E-state index in [2.05, 4.69) is 52.2 Å². The summed E-state index contributed by atoms with van der Waals surface area (Å²) in [4.78, 5) is 13.9. The third kappa shape index (κ3) is 3.42. The Kier molecular flexibility index (Phi) is 4.45. The summed E-state index contributed by atoms with van der Waals surface area (Å²) in [5.74, 6) is 0.707. The van der Waals surface area contributed by atoms with Crippen LogP contribution in [0.2, 0.25) is 0 Å². The number of rotatable bonds is 5. The Labute approximate surface area is 146 Å². The van der Waals surface area contributed by atoms with Crippen molar-refractivity contribution in [2.45, 2.75) is 13.0 Å². The Morgan fingerprint density at radius 2 is 2.17 bits per heavy atom. The molecule has 1 saturated heterocycles. The highest BCUT2D eigenvalue weighted by molar-refractivity contribution is 7.22. The molecule has 2 aromatic heterocycles. The first kappa shape index (κ1) is 15.5. The van der Waals surface area contributed by atoms with Crippen molar-refractivity contribution < 1.29 is 0 Å². The average Bonchev–Trinajstić information content (AvgIpc) is 3.22. The van der Waals surface area contributed by atoms with Crippen LogP contribution in [0.1, 0.15) is 12.0 Å². The molecule has 5 heteroatoms. The van der Waals surface area contributed by atoms with Gasteiger partial charge in [-0.25, -0.2) is 4.98 Å². The van der Waals surface area contributed by atoms with Gasteiger partial charge in [0.1, 0.15) is 0 Å². The molecule has 0 saturated carbocycles. The Hall–Kier alpha value is -1.98. The number of nitrogens with zero attached hydrogens (tertiary/aromatic N) is 4. The first-order valence-corrected chi connectivity index (χ1v) is 9.27. The molecule has 0 spiro atoms. The Morgan fingerprint density at radius 1 is 1.25 bits per heavy atom. The molecule has 0 aliphatic carbocycles. The van der Waals surface area contributed by atoms with Crippen molar-refractivity contribution in [3.63, 3.8) is 0 Å². The van der Waals surface area contributed by atoms with Gasteiger partial charge in [0.05, 0.1) is 10.2 Å². The van der Waals surface area contributed by atoms with Gasteiger partial charge < -0.3 is 9.80 Å². The first-order valence-electron chi connectivity index (χ1n) is 8.46. The van der Waals surface area contributed by atoms with E-state index in [-0.39, 0.29) is 0 Å². The molecule has 3 heterocycles. The van der Waals surface area contributed by atoms with Gasteiger partial charge in [-0.15, -0.1) is 0 Å². The summed E-state index contributed by atoms with van der Waals surface area (Å²) in [5.41, 5.74) is 2.40. The topological polar surface area (TPSA) is 32.3 Å². The molecule has 24 heavy (non-hydrogen) atoms. The van der Waals surface area contributed by atoms with E-state index < -0.39 is 0 Å². The highest BCUT2D eigenvalue weighted by Crippen LogP contribution is 2.32. The highest BCUT2D eigenvalue weighted by atomic mass is 32.1. The number of aromatic nitrogens is 2. The number of anilines is 1. The maximum absolute atomic E-state index is 4.80. The van der Waals surface area contributed by atoms with Crippen LogP contribution in [0, 0.1) is 5.92 Å². The lowest BCUT2D eigenvalue weighted by atomic mass is 10.1. The molecule has 1 fully saturated rings. The molecular weight excluding hydrogens is 316 g/mol. The van der Waals surface area contributed by atoms with Crippen molar-refractivity contribution in [2.75, 3.05) is 31.6 Å². The van der Waals surface area contributed by atoms with Crippen molar-refractivity contribution in [3.05, 3.63) is 54.4 Å². The molecule has 4 rings (SSSR count). The zero-order valence-electron chi connectivity index (χ0n) is 13.9. The summed E-state index contributed by atoms with van der Waals surface area (Å²) >= 11 is 1.81. The Morgan fingerprint density at radius 3 is 3.00 bits per heavy atom. The average molecular weight is 338 g/mol. The molecule has 0 amide bonds. The van der Waals surface area contributed by atoms with Gasteiger partial charge in [-0.3, -0.25) is 4.98 Å². The largest absolute Gasteiger partial charge is 0.348 e. The summed E-state index contributed by atoms with van der Waals surface area (Å²) in [7, 11) is 2.20. The zero-order chi connectivity index (χ0) is 16.4. The van der Waals surface area contributed by atoms with Gasteiger partial charge in [-0.05, 0) is 43.1 Å². The monoisotopic (exact) mass is 338 g/mol. The van der Waals surface area contributed by atoms with E-state index in [9.17, 15) is 0 Å². The Balaban J connectivity index is 1.36. The van der Waals surface area contributed by atoms with E-state index in [0.29, 0.717) is 5.92 Å². The zero-order valence-corrected chi connectivity index (χ0v) is 14.7. The summed E-state index contributed by atoms with van der Waals surface area (Å²) < 4.78 is 1.28. The van der Waals surface area contributed by atoms with Gasteiger partial charge in [0.15, 0.2) is 5.13 Å². The van der Waals surface area contributed by atoms with Crippen LogP contribution in [0.4, 0.5) is 5.13 Å². The van der Waals surface area contributed by atoms with Crippen molar-refractivity contribution in [1.82, 2.24) is 14.9 Å². The third-order valence-electron chi connectivity index (χ3n) is 4.58. The number of fused-ring (bicyclic) bond motifs is 1. The van der Waals surface area contributed by atoms with E-state index in [1.54, 1.807) is 0 Å². The molecule has 1 aliphatic rings. The molecule has 0 unspecified atom stereocenters. The van der Waals surface area contributed by atoms with Gasteiger partial charge in [0.2, 0.25) is 0 Å². The second kappa shape index (κ2) is 6.87. The number of pyridine rings is 1. The lowest BCUT2D eigenvalue weighted by Crippen LogP contribution is -2.28. The lowest BCUT2D eigenvalue weighted by Gasteiger charge is -2.21. The van der Waals surface area contributed by atoms with Crippen LogP contribution in [0.15, 0.2) is 48.8 Å². The normalized spacial score (nSPS) is 17.9. The summed E-state index contributed by atoms with van der Waals surface area (Å²) in [6.07, 6.45) is 5.03. The predicted octanol–water partition coefficient (Wildman–Crippen LogP) is 3.65. The molecular formula is C19H22N4S. The minimum atomic E-state index is 0.707. The van der Waals surface area contributed by atoms with Crippen LogP contribution in [0.25, 0.3) is 10.2 Å². The lowest BCUT2D eigenvalue weighted by molar-refractivity contribution is 0.279. The van der Waals surface area contributed by atoms with E-state index >= 15 is 0 Å². The molecule has 0 N–H and O–H groups in total. The van der Waals surface area contributed by atoms with Gasteiger partial charge in [0.25, 0.3) is 0 Å². The fourth-order valence-electron chi connectivity index (χ4n) is 3.46. The highest BCUT2D eigenvalue weighted by Gasteiger charge is 2.25.